The van der Waals surface area contributed by atoms with Gasteiger partial charge in [-0.05, 0) is 44.9 Å². The van der Waals surface area contributed by atoms with E-state index in [0.717, 1.165) is 13.1 Å². The lowest BCUT2D eigenvalue weighted by Crippen LogP contribution is -2.50. The van der Waals surface area contributed by atoms with Crippen LogP contribution in [0.15, 0.2) is 27.5 Å². The third-order valence-electron chi connectivity index (χ3n) is 5.55. The van der Waals surface area contributed by atoms with Crippen molar-refractivity contribution in [2.75, 3.05) is 31.1 Å². The van der Waals surface area contributed by atoms with Crippen LogP contribution >= 0.6 is 0 Å². The summed E-state index contributed by atoms with van der Waals surface area (Å²) in [6.45, 7) is 10.4. The molecule has 1 aliphatic rings. The molecule has 4 rings (SSSR count). The molecule has 1 aliphatic heterocycles. The van der Waals surface area contributed by atoms with Gasteiger partial charge in [-0.2, -0.15) is 5.10 Å². The first-order valence-electron chi connectivity index (χ1n) is 9.79. The van der Waals surface area contributed by atoms with Crippen LogP contribution in [-0.4, -0.2) is 51.9 Å². The number of carbonyl (C=O) groups is 1. The fraction of sp³-hybridized carbons (Fsp3) is 0.429. The molecule has 0 bridgehead atoms. The zero-order valence-electron chi connectivity index (χ0n) is 17.2. The first kappa shape index (κ1) is 19.2. The standard InChI is InChI=1S/C21H25N5O3/c1-13-5-6-14(2)17(11-13)24-7-9-25(10-8-24)18(27)12-26-21(28)20-19(15(3)22-26)16(4)29-23-20/h5-6,11H,7-10,12H2,1-4H3. The molecule has 3 heterocycles. The maximum atomic E-state index is 12.8. The molecule has 29 heavy (non-hydrogen) atoms. The highest BCUT2D eigenvalue weighted by atomic mass is 16.5. The summed E-state index contributed by atoms with van der Waals surface area (Å²) in [7, 11) is 0. The molecule has 3 aromatic rings. The molecule has 0 unspecified atom stereocenters. The van der Waals surface area contributed by atoms with Crippen LogP contribution in [0.3, 0.4) is 0 Å². The second-order valence-corrected chi connectivity index (χ2v) is 7.67. The number of anilines is 1. The third-order valence-corrected chi connectivity index (χ3v) is 5.55. The number of nitrogens with zero attached hydrogens (tertiary/aromatic N) is 5. The van der Waals surface area contributed by atoms with Gasteiger partial charge >= 0.3 is 0 Å². The lowest BCUT2D eigenvalue weighted by atomic mass is 10.1. The van der Waals surface area contributed by atoms with E-state index in [9.17, 15) is 9.59 Å². The number of hydrogen-bond donors (Lipinski definition) is 0. The van der Waals surface area contributed by atoms with Crippen LogP contribution in [0.2, 0.25) is 0 Å². The topological polar surface area (TPSA) is 84.5 Å². The van der Waals surface area contributed by atoms with Crippen molar-refractivity contribution in [3.05, 3.63) is 51.1 Å². The van der Waals surface area contributed by atoms with Crippen LogP contribution in [0, 0.1) is 27.7 Å². The highest BCUT2D eigenvalue weighted by molar-refractivity contribution is 5.82. The molecule has 0 N–H and O–H groups in total. The zero-order chi connectivity index (χ0) is 20.7. The Morgan fingerprint density at radius 1 is 1.10 bits per heavy atom. The van der Waals surface area contributed by atoms with Gasteiger partial charge in [-0.3, -0.25) is 9.59 Å². The van der Waals surface area contributed by atoms with Gasteiger partial charge in [0.15, 0.2) is 5.52 Å². The van der Waals surface area contributed by atoms with Gasteiger partial charge in [0.05, 0.1) is 11.1 Å². The maximum absolute atomic E-state index is 12.8. The lowest BCUT2D eigenvalue weighted by Gasteiger charge is -2.37. The number of hydrogen-bond acceptors (Lipinski definition) is 6. The van der Waals surface area contributed by atoms with Crippen molar-refractivity contribution >= 4 is 22.5 Å². The highest BCUT2D eigenvalue weighted by Crippen LogP contribution is 2.23. The number of amides is 1. The van der Waals surface area contributed by atoms with Gasteiger partial charge in [0.1, 0.15) is 12.3 Å². The molecular formula is C21H25N5O3. The van der Waals surface area contributed by atoms with E-state index in [1.807, 2.05) is 0 Å². The van der Waals surface area contributed by atoms with E-state index in [4.69, 9.17) is 4.52 Å². The molecule has 1 aromatic carbocycles. The predicted molar refractivity (Wildman–Crippen MR) is 110 cm³/mol. The number of carbonyl (C=O) groups excluding carboxylic acids is 1. The van der Waals surface area contributed by atoms with Gasteiger partial charge in [0.2, 0.25) is 5.91 Å². The number of rotatable bonds is 3. The van der Waals surface area contributed by atoms with Crippen LogP contribution in [0.4, 0.5) is 5.69 Å². The average Bonchev–Trinajstić information content (AvgIpc) is 3.10. The lowest BCUT2D eigenvalue weighted by molar-refractivity contribution is -0.132. The van der Waals surface area contributed by atoms with Gasteiger partial charge in [0.25, 0.3) is 5.56 Å². The number of aromatic nitrogens is 3. The van der Waals surface area contributed by atoms with Crippen molar-refractivity contribution in [1.29, 1.82) is 0 Å². The molecule has 1 saturated heterocycles. The zero-order valence-corrected chi connectivity index (χ0v) is 17.2. The quantitative estimate of drug-likeness (QED) is 0.674. The van der Waals surface area contributed by atoms with Gasteiger partial charge < -0.3 is 14.3 Å². The van der Waals surface area contributed by atoms with E-state index in [1.165, 1.54) is 21.5 Å². The first-order chi connectivity index (χ1) is 13.8. The Kier molecular flexibility index (Phi) is 4.86. The fourth-order valence-electron chi connectivity index (χ4n) is 3.94. The summed E-state index contributed by atoms with van der Waals surface area (Å²) in [5, 5.41) is 8.76. The van der Waals surface area contributed by atoms with Gasteiger partial charge in [-0.15, -0.1) is 0 Å². The second-order valence-electron chi connectivity index (χ2n) is 7.67. The number of aryl methyl sites for hydroxylation is 4. The molecule has 0 spiro atoms. The van der Waals surface area contributed by atoms with E-state index in [0.29, 0.717) is 29.9 Å². The van der Waals surface area contributed by atoms with E-state index >= 15 is 0 Å². The van der Waals surface area contributed by atoms with Crippen molar-refractivity contribution in [3.8, 4) is 0 Å². The minimum Gasteiger partial charge on any atom is -0.368 e. The third kappa shape index (κ3) is 3.50. The normalized spacial score (nSPS) is 14.6. The molecule has 8 heteroatoms. The van der Waals surface area contributed by atoms with Crippen molar-refractivity contribution in [2.45, 2.75) is 34.2 Å². The SMILES string of the molecule is Cc1ccc(C)c(N2CCN(C(=O)Cn3nc(C)c4c(C)onc4c3=O)CC2)c1. The molecule has 0 saturated carbocycles. The fourth-order valence-corrected chi connectivity index (χ4v) is 3.94. The molecular weight excluding hydrogens is 370 g/mol. The van der Waals surface area contributed by atoms with Crippen molar-refractivity contribution < 1.29 is 9.32 Å². The summed E-state index contributed by atoms with van der Waals surface area (Å²) in [5.74, 6) is 0.447. The van der Waals surface area contributed by atoms with Gasteiger partial charge in [-0.25, -0.2) is 4.68 Å². The highest BCUT2D eigenvalue weighted by Gasteiger charge is 2.24. The molecule has 1 amide bonds. The van der Waals surface area contributed by atoms with Gasteiger partial charge in [-0.1, -0.05) is 17.3 Å². The summed E-state index contributed by atoms with van der Waals surface area (Å²) in [6, 6.07) is 6.43. The predicted octanol–water partition coefficient (Wildman–Crippen LogP) is 1.97. The van der Waals surface area contributed by atoms with Crippen LogP contribution in [-0.2, 0) is 11.3 Å². The smallest absolute Gasteiger partial charge is 0.297 e. The number of benzene rings is 1. The molecule has 8 nitrogen and oxygen atoms in total. The van der Waals surface area contributed by atoms with Crippen LogP contribution in [0.1, 0.15) is 22.6 Å². The van der Waals surface area contributed by atoms with E-state index in [1.54, 1.807) is 18.7 Å². The Morgan fingerprint density at radius 2 is 1.83 bits per heavy atom. The molecule has 2 aromatic heterocycles. The first-order valence-corrected chi connectivity index (χ1v) is 9.79. The van der Waals surface area contributed by atoms with E-state index < -0.39 is 5.56 Å². The summed E-state index contributed by atoms with van der Waals surface area (Å²) in [5.41, 5.74) is 4.14. The maximum Gasteiger partial charge on any atom is 0.297 e. The Labute approximate surface area is 168 Å². The monoisotopic (exact) mass is 395 g/mol. The molecule has 0 atom stereocenters. The van der Waals surface area contributed by atoms with Crippen molar-refractivity contribution in [3.63, 3.8) is 0 Å². The largest absolute Gasteiger partial charge is 0.368 e. The number of fused-ring (bicyclic) bond motifs is 1. The van der Waals surface area contributed by atoms with E-state index in [2.05, 4.69) is 47.2 Å². The van der Waals surface area contributed by atoms with Crippen LogP contribution < -0.4 is 10.5 Å². The molecule has 152 valence electrons. The summed E-state index contributed by atoms with van der Waals surface area (Å²) >= 11 is 0. The Bertz CT molecular complexity index is 1140. The molecule has 1 fully saturated rings. The van der Waals surface area contributed by atoms with Crippen molar-refractivity contribution in [2.24, 2.45) is 0 Å². The summed E-state index contributed by atoms with van der Waals surface area (Å²) in [4.78, 5) is 29.5. The minimum absolute atomic E-state index is 0.0923. The molecule has 0 aliphatic carbocycles. The number of piperazine rings is 1. The van der Waals surface area contributed by atoms with Gasteiger partial charge in [0, 0.05) is 31.9 Å². The summed E-state index contributed by atoms with van der Waals surface area (Å²) in [6.07, 6.45) is 0. The Balaban J connectivity index is 1.47. The Hall–Kier alpha value is -3.16. The van der Waals surface area contributed by atoms with Crippen LogP contribution in [0.25, 0.3) is 10.9 Å². The Morgan fingerprint density at radius 3 is 2.55 bits per heavy atom. The van der Waals surface area contributed by atoms with E-state index in [-0.39, 0.29) is 18.0 Å². The minimum atomic E-state index is -0.398. The second kappa shape index (κ2) is 7.35. The molecule has 0 radical (unpaired) electrons. The summed E-state index contributed by atoms with van der Waals surface area (Å²) < 4.78 is 6.31. The van der Waals surface area contributed by atoms with Crippen molar-refractivity contribution in [1.82, 2.24) is 19.8 Å². The average molecular weight is 395 g/mol. The van der Waals surface area contributed by atoms with Crippen LogP contribution in [0.5, 0.6) is 0 Å².